The number of hydrogen-bond acceptors (Lipinski definition) is 4. The maximum atomic E-state index is 5.31. The Morgan fingerprint density at radius 3 is 2.92 bits per heavy atom. The summed E-state index contributed by atoms with van der Waals surface area (Å²) >= 11 is 0. The van der Waals surface area contributed by atoms with E-state index in [9.17, 15) is 0 Å². The highest BCUT2D eigenvalue weighted by atomic mass is 16.3. The van der Waals surface area contributed by atoms with Gasteiger partial charge in [0.1, 0.15) is 17.9 Å². The van der Waals surface area contributed by atoms with Crippen LogP contribution in [0.5, 0.6) is 0 Å². The van der Waals surface area contributed by atoms with Crippen molar-refractivity contribution in [1.82, 2.24) is 25.2 Å². The van der Waals surface area contributed by atoms with Crippen LogP contribution < -0.4 is 10.6 Å². The molecule has 0 saturated carbocycles. The molecule has 0 aromatic carbocycles. The molecule has 0 unspecified atom stereocenters. The molecule has 3 heterocycles. The predicted molar refractivity (Wildman–Crippen MR) is 91.7 cm³/mol. The molecule has 3 aromatic heterocycles. The van der Waals surface area contributed by atoms with Crippen LogP contribution in [0.4, 0.5) is 0 Å². The van der Waals surface area contributed by atoms with Gasteiger partial charge in [-0.1, -0.05) is 6.07 Å². The van der Waals surface area contributed by atoms with Gasteiger partial charge in [-0.3, -0.25) is 4.57 Å². The van der Waals surface area contributed by atoms with Crippen molar-refractivity contribution >= 4 is 5.96 Å². The number of nitrogens with zero attached hydrogens (tertiary/aromatic N) is 4. The van der Waals surface area contributed by atoms with E-state index in [0.29, 0.717) is 13.1 Å². The molecule has 0 atom stereocenters. The number of hydrogen-bond donors (Lipinski definition) is 2. The van der Waals surface area contributed by atoms with Crippen molar-refractivity contribution in [3.63, 3.8) is 0 Å². The summed E-state index contributed by atoms with van der Waals surface area (Å²) in [5, 5.41) is 6.45. The number of aliphatic imine (C=N–C) groups is 1. The lowest BCUT2D eigenvalue weighted by molar-refractivity contribution is 0.501. The number of imidazole rings is 1. The molecule has 0 fully saturated rings. The van der Waals surface area contributed by atoms with Crippen LogP contribution in [0.3, 0.4) is 0 Å². The smallest absolute Gasteiger partial charge is 0.191 e. The van der Waals surface area contributed by atoms with E-state index in [2.05, 4.69) is 25.6 Å². The summed E-state index contributed by atoms with van der Waals surface area (Å²) in [5.41, 5.74) is 1.04. The molecule has 0 spiro atoms. The Kier molecular flexibility index (Phi) is 5.24. The van der Waals surface area contributed by atoms with Gasteiger partial charge in [-0.15, -0.1) is 0 Å². The van der Waals surface area contributed by atoms with Crippen LogP contribution in [0.2, 0.25) is 0 Å². The second kappa shape index (κ2) is 7.96. The quantitative estimate of drug-likeness (QED) is 0.536. The average molecular weight is 324 g/mol. The maximum absolute atomic E-state index is 5.31. The van der Waals surface area contributed by atoms with E-state index in [-0.39, 0.29) is 0 Å². The molecule has 2 N–H and O–H groups in total. The monoisotopic (exact) mass is 324 g/mol. The topological polar surface area (TPSA) is 80.3 Å². The van der Waals surface area contributed by atoms with Gasteiger partial charge in [-0.25, -0.2) is 15.0 Å². The minimum Gasteiger partial charge on any atom is -0.467 e. The van der Waals surface area contributed by atoms with Crippen molar-refractivity contribution in [3.8, 4) is 5.82 Å². The van der Waals surface area contributed by atoms with E-state index < -0.39 is 0 Å². The molecular weight excluding hydrogens is 304 g/mol. The molecular formula is C17H20N6O. The third-order valence-electron chi connectivity index (χ3n) is 3.35. The highest BCUT2D eigenvalue weighted by Gasteiger charge is 2.01. The Morgan fingerprint density at radius 1 is 1.29 bits per heavy atom. The van der Waals surface area contributed by atoms with Gasteiger partial charge in [0, 0.05) is 25.1 Å². The van der Waals surface area contributed by atoms with E-state index in [1.165, 1.54) is 0 Å². The lowest BCUT2D eigenvalue weighted by Gasteiger charge is -2.10. The van der Waals surface area contributed by atoms with Crippen LogP contribution in [0.1, 0.15) is 18.2 Å². The van der Waals surface area contributed by atoms with E-state index >= 15 is 0 Å². The van der Waals surface area contributed by atoms with E-state index in [1.54, 1.807) is 18.8 Å². The summed E-state index contributed by atoms with van der Waals surface area (Å²) in [6.07, 6.45) is 8.81. The highest BCUT2D eigenvalue weighted by molar-refractivity contribution is 5.79. The summed E-state index contributed by atoms with van der Waals surface area (Å²) < 4.78 is 7.17. The van der Waals surface area contributed by atoms with Crippen molar-refractivity contribution in [3.05, 3.63) is 66.8 Å². The largest absolute Gasteiger partial charge is 0.467 e. The second-order valence-corrected chi connectivity index (χ2v) is 5.12. The van der Waals surface area contributed by atoms with Gasteiger partial charge in [-0.05, 0) is 30.7 Å². The minimum atomic E-state index is 0.546. The maximum Gasteiger partial charge on any atom is 0.191 e. The number of pyridine rings is 1. The van der Waals surface area contributed by atoms with Gasteiger partial charge in [0.25, 0.3) is 0 Å². The SMILES string of the molecule is CCNC(=NCc1ccc(-n2ccnc2)nc1)NCc1ccco1. The van der Waals surface area contributed by atoms with Gasteiger partial charge >= 0.3 is 0 Å². The molecule has 3 aromatic rings. The van der Waals surface area contributed by atoms with E-state index in [0.717, 1.165) is 29.6 Å². The first-order valence-electron chi connectivity index (χ1n) is 7.83. The number of aromatic nitrogens is 3. The molecule has 0 saturated heterocycles. The number of rotatable bonds is 6. The van der Waals surface area contributed by atoms with Crippen molar-refractivity contribution < 1.29 is 4.42 Å². The van der Waals surface area contributed by atoms with Crippen LogP contribution in [0, 0.1) is 0 Å². The molecule has 7 heteroatoms. The lowest BCUT2D eigenvalue weighted by Crippen LogP contribution is -2.36. The third kappa shape index (κ3) is 4.22. The van der Waals surface area contributed by atoms with Gasteiger partial charge in [0.05, 0.1) is 19.4 Å². The van der Waals surface area contributed by atoms with Crippen molar-refractivity contribution in [1.29, 1.82) is 0 Å². The first-order valence-corrected chi connectivity index (χ1v) is 7.83. The zero-order chi connectivity index (χ0) is 16.6. The Hall–Kier alpha value is -3.09. The molecule has 0 bridgehead atoms. The fourth-order valence-corrected chi connectivity index (χ4v) is 2.15. The Labute approximate surface area is 140 Å². The molecule has 0 aliphatic heterocycles. The number of furan rings is 1. The summed E-state index contributed by atoms with van der Waals surface area (Å²) in [6, 6.07) is 7.77. The highest BCUT2D eigenvalue weighted by Crippen LogP contribution is 2.06. The number of guanidine groups is 1. The summed E-state index contributed by atoms with van der Waals surface area (Å²) in [7, 11) is 0. The Morgan fingerprint density at radius 2 is 2.25 bits per heavy atom. The van der Waals surface area contributed by atoms with Gasteiger partial charge in [0.2, 0.25) is 0 Å². The summed E-state index contributed by atoms with van der Waals surface area (Å²) in [6.45, 7) is 3.97. The van der Waals surface area contributed by atoms with Crippen molar-refractivity contribution in [2.24, 2.45) is 4.99 Å². The van der Waals surface area contributed by atoms with Crippen LogP contribution in [0.25, 0.3) is 5.82 Å². The van der Waals surface area contributed by atoms with Crippen molar-refractivity contribution in [2.45, 2.75) is 20.0 Å². The Balaban J connectivity index is 1.60. The fourth-order valence-electron chi connectivity index (χ4n) is 2.15. The van der Waals surface area contributed by atoms with Crippen molar-refractivity contribution in [2.75, 3.05) is 6.54 Å². The lowest BCUT2D eigenvalue weighted by atomic mass is 10.3. The van der Waals surface area contributed by atoms with Crippen LogP contribution >= 0.6 is 0 Å². The van der Waals surface area contributed by atoms with Crippen LogP contribution in [0.15, 0.2) is 64.9 Å². The van der Waals surface area contributed by atoms with Gasteiger partial charge in [0.15, 0.2) is 5.96 Å². The molecule has 24 heavy (non-hydrogen) atoms. The molecule has 0 aliphatic carbocycles. The predicted octanol–water partition coefficient (Wildman–Crippen LogP) is 2.12. The summed E-state index contributed by atoms with van der Waals surface area (Å²) in [5.74, 6) is 2.45. The Bertz CT molecular complexity index is 747. The zero-order valence-corrected chi connectivity index (χ0v) is 13.5. The van der Waals surface area contributed by atoms with E-state index in [4.69, 9.17) is 4.42 Å². The van der Waals surface area contributed by atoms with Gasteiger partial charge in [-0.2, -0.15) is 0 Å². The normalized spacial score (nSPS) is 11.5. The molecule has 3 rings (SSSR count). The zero-order valence-electron chi connectivity index (χ0n) is 13.5. The molecule has 0 radical (unpaired) electrons. The first kappa shape index (κ1) is 15.8. The minimum absolute atomic E-state index is 0.546. The molecule has 0 aliphatic rings. The fraction of sp³-hybridized carbons (Fsp3) is 0.235. The first-order chi connectivity index (χ1) is 11.8. The molecule has 124 valence electrons. The van der Waals surface area contributed by atoms with E-state index in [1.807, 2.05) is 48.1 Å². The van der Waals surface area contributed by atoms with Crippen LogP contribution in [-0.4, -0.2) is 27.0 Å². The van der Waals surface area contributed by atoms with Crippen LogP contribution in [-0.2, 0) is 13.1 Å². The molecule has 7 nitrogen and oxygen atoms in total. The molecule has 0 amide bonds. The van der Waals surface area contributed by atoms with Gasteiger partial charge < -0.3 is 15.1 Å². The standard InChI is InChI=1S/C17H20N6O/c1-2-19-17(22-12-15-4-3-9-24-15)21-11-14-5-6-16(20-10-14)23-8-7-18-13-23/h3-10,13H,2,11-12H2,1H3,(H2,19,21,22). The third-order valence-corrected chi connectivity index (χ3v) is 3.35. The average Bonchev–Trinajstić information content (AvgIpc) is 3.31. The number of nitrogens with one attached hydrogen (secondary N) is 2. The summed E-state index contributed by atoms with van der Waals surface area (Å²) in [4.78, 5) is 13.0. The second-order valence-electron chi connectivity index (χ2n) is 5.12.